The smallest absolute Gasteiger partial charge is 0.148 e. The highest BCUT2D eigenvalue weighted by Gasteiger charge is 2.16. The molecular formula is C14H14Cl3N3. The van der Waals surface area contributed by atoms with Crippen molar-refractivity contribution in [2.45, 2.75) is 26.3 Å². The van der Waals surface area contributed by atoms with Gasteiger partial charge < -0.3 is 5.32 Å². The Bertz CT molecular complexity index is 617. The number of hydrogen-bond donors (Lipinski definition) is 1. The van der Waals surface area contributed by atoms with Crippen LogP contribution in [-0.4, -0.2) is 9.97 Å². The van der Waals surface area contributed by atoms with E-state index in [-0.39, 0.29) is 6.04 Å². The lowest BCUT2D eigenvalue weighted by molar-refractivity contribution is 0.743. The standard InChI is InChI=1S/C14H14Cl3N3/c1-3-12(10-5-4-9(15)6-11(10)16)20-14-13(17)8(2)18-7-19-14/h4-7,12H,3H2,1-2H3,(H,18,19,20). The minimum absolute atomic E-state index is 0.00608. The van der Waals surface area contributed by atoms with Gasteiger partial charge in [0.25, 0.3) is 0 Å². The fraction of sp³-hybridized carbons (Fsp3) is 0.286. The van der Waals surface area contributed by atoms with Gasteiger partial charge in [-0.2, -0.15) is 0 Å². The zero-order valence-corrected chi connectivity index (χ0v) is 13.4. The molecule has 1 N–H and O–H groups in total. The van der Waals surface area contributed by atoms with E-state index in [1.807, 2.05) is 19.1 Å². The Labute approximate surface area is 133 Å². The van der Waals surface area contributed by atoms with Crippen molar-refractivity contribution in [2.24, 2.45) is 0 Å². The number of halogens is 3. The number of aryl methyl sites for hydroxylation is 1. The number of anilines is 1. The first kappa shape index (κ1) is 15.4. The summed E-state index contributed by atoms with van der Waals surface area (Å²) in [5, 5.41) is 5.07. The molecule has 0 bridgehead atoms. The van der Waals surface area contributed by atoms with Gasteiger partial charge in [0, 0.05) is 10.0 Å². The van der Waals surface area contributed by atoms with Gasteiger partial charge in [0.05, 0.1) is 11.7 Å². The van der Waals surface area contributed by atoms with Gasteiger partial charge in [0.1, 0.15) is 17.2 Å². The van der Waals surface area contributed by atoms with Crippen LogP contribution in [0.3, 0.4) is 0 Å². The second-order valence-electron chi connectivity index (χ2n) is 4.39. The third-order valence-electron chi connectivity index (χ3n) is 3.02. The maximum absolute atomic E-state index is 6.25. The fourth-order valence-electron chi connectivity index (χ4n) is 1.91. The van der Waals surface area contributed by atoms with Crippen LogP contribution in [0.25, 0.3) is 0 Å². The van der Waals surface area contributed by atoms with Crippen LogP contribution in [0, 0.1) is 6.92 Å². The zero-order valence-electron chi connectivity index (χ0n) is 11.1. The zero-order chi connectivity index (χ0) is 14.7. The second kappa shape index (κ2) is 6.61. The maximum atomic E-state index is 6.25. The van der Waals surface area contributed by atoms with E-state index in [0.717, 1.165) is 17.7 Å². The summed E-state index contributed by atoms with van der Waals surface area (Å²) < 4.78 is 0. The number of rotatable bonds is 4. The molecule has 0 aliphatic rings. The Morgan fingerprint density at radius 3 is 2.60 bits per heavy atom. The molecule has 6 heteroatoms. The van der Waals surface area contributed by atoms with Crippen LogP contribution >= 0.6 is 34.8 Å². The van der Waals surface area contributed by atoms with E-state index in [4.69, 9.17) is 34.8 Å². The highest BCUT2D eigenvalue weighted by Crippen LogP contribution is 2.32. The molecule has 1 atom stereocenters. The van der Waals surface area contributed by atoms with Crippen LogP contribution in [-0.2, 0) is 0 Å². The summed E-state index contributed by atoms with van der Waals surface area (Å²) in [4.78, 5) is 8.22. The summed E-state index contributed by atoms with van der Waals surface area (Å²) in [5.41, 5.74) is 1.70. The van der Waals surface area contributed by atoms with Gasteiger partial charge >= 0.3 is 0 Å². The minimum atomic E-state index is 0.00608. The molecule has 1 aromatic carbocycles. The number of nitrogens with zero attached hydrogens (tertiary/aromatic N) is 2. The van der Waals surface area contributed by atoms with Crippen LogP contribution in [0.4, 0.5) is 5.82 Å². The van der Waals surface area contributed by atoms with Gasteiger partial charge in [-0.15, -0.1) is 0 Å². The minimum Gasteiger partial charge on any atom is -0.362 e. The van der Waals surface area contributed by atoms with Crippen molar-refractivity contribution in [3.05, 3.63) is 50.9 Å². The molecule has 0 saturated carbocycles. The molecule has 0 radical (unpaired) electrons. The summed E-state index contributed by atoms with van der Waals surface area (Å²) in [5.74, 6) is 0.608. The molecule has 2 aromatic rings. The van der Waals surface area contributed by atoms with Gasteiger partial charge in [-0.1, -0.05) is 47.8 Å². The molecule has 0 aliphatic heterocycles. The lowest BCUT2D eigenvalue weighted by Gasteiger charge is -2.20. The van der Waals surface area contributed by atoms with E-state index < -0.39 is 0 Å². The largest absolute Gasteiger partial charge is 0.362 e. The molecule has 20 heavy (non-hydrogen) atoms. The molecule has 0 spiro atoms. The van der Waals surface area contributed by atoms with E-state index in [9.17, 15) is 0 Å². The van der Waals surface area contributed by atoms with Gasteiger partial charge in [-0.25, -0.2) is 9.97 Å². The van der Waals surface area contributed by atoms with Crippen molar-refractivity contribution >= 4 is 40.6 Å². The predicted molar refractivity (Wildman–Crippen MR) is 84.9 cm³/mol. The predicted octanol–water partition coefficient (Wildman–Crippen LogP) is 5.31. The average molecular weight is 331 g/mol. The summed E-state index contributed by atoms with van der Waals surface area (Å²) >= 11 is 18.4. The molecule has 1 unspecified atom stereocenters. The van der Waals surface area contributed by atoms with Gasteiger partial charge in [0.2, 0.25) is 0 Å². The van der Waals surface area contributed by atoms with E-state index in [1.54, 1.807) is 6.07 Å². The van der Waals surface area contributed by atoms with E-state index >= 15 is 0 Å². The molecule has 1 aromatic heterocycles. The quantitative estimate of drug-likeness (QED) is 0.825. The normalized spacial score (nSPS) is 12.2. The van der Waals surface area contributed by atoms with Crippen LogP contribution in [0.1, 0.15) is 30.6 Å². The number of hydrogen-bond acceptors (Lipinski definition) is 3. The van der Waals surface area contributed by atoms with E-state index in [0.29, 0.717) is 20.9 Å². The molecule has 106 valence electrons. The first-order valence-corrected chi connectivity index (χ1v) is 7.35. The van der Waals surface area contributed by atoms with Gasteiger partial charge in [-0.05, 0) is 31.0 Å². The lowest BCUT2D eigenvalue weighted by Crippen LogP contribution is -2.12. The molecule has 3 nitrogen and oxygen atoms in total. The van der Waals surface area contributed by atoms with Crippen LogP contribution in [0.2, 0.25) is 15.1 Å². The average Bonchev–Trinajstić information content (AvgIpc) is 2.41. The Kier molecular flexibility index (Phi) is 5.08. The van der Waals surface area contributed by atoms with Gasteiger partial charge in [-0.3, -0.25) is 0 Å². The molecule has 0 fully saturated rings. The first-order valence-electron chi connectivity index (χ1n) is 6.21. The van der Waals surface area contributed by atoms with Crippen molar-refractivity contribution in [1.82, 2.24) is 9.97 Å². The van der Waals surface area contributed by atoms with Crippen molar-refractivity contribution in [2.75, 3.05) is 5.32 Å². The summed E-state index contributed by atoms with van der Waals surface area (Å²) in [6.45, 7) is 3.90. The number of nitrogens with one attached hydrogen (secondary N) is 1. The van der Waals surface area contributed by atoms with Crippen LogP contribution < -0.4 is 5.32 Å². The molecule has 0 saturated heterocycles. The van der Waals surface area contributed by atoms with Crippen LogP contribution in [0.5, 0.6) is 0 Å². The monoisotopic (exact) mass is 329 g/mol. The van der Waals surface area contributed by atoms with Crippen molar-refractivity contribution < 1.29 is 0 Å². The lowest BCUT2D eigenvalue weighted by atomic mass is 10.0. The van der Waals surface area contributed by atoms with E-state index in [2.05, 4.69) is 22.2 Å². The highest BCUT2D eigenvalue weighted by molar-refractivity contribution is 6.35. The Hall–Kier alpha value is -1.03. The summed E-state index contributed by atoms with van der Waals surface area (Å²) in [7, 11) is 0. The van der Waals surface area contributed by atoms with Crippen LogP contribution in [0.15, 0.2) is 24.5 Å². The van der Waals surface area contributed by atoms with E-state index in [1.165, 1.54) is 6.33 Å². The fourth-order valence-corrected chi connectivity index (χ4v) is 2.60. The molecular weight excluding hydrogens is 317 g/mol. The molecule has 1 heterocycles. The Morgan fingerprint density at radius 1 is 1.20 bits per heavy atom. The summed E-state index contributed by atoms with van der Waals surface area (Å²) in [6.07, 6.45) is 2.32. The third kappa shape index (κ3) is 3.35. The third-order valence-corrected chi connectivity index (χ3v) is 4.04. The first-order chi connectivity index (χ1) is 9.52. The van der Waals surface area contributed by atoms with Gasteiger partial charge in [0.15, 0.2) is 0 Å². The topological polar surface area (TPSA) is 37.8 Å². The highest BCUT2D eigenvalue weighted by atomic mass is 35.5. The molecule has 2 rings (SSSR count). The second-order valence-corrected chi connectivity index (χ2v) is 5.61. The number of benzene rings is 1. The maximum Gasteiger partial charge on any atom is 0.148 e. The van der Waals surface area contributed by atoms with Crippen molar-refractivity contribution in [3.8, 4) is 0 Å². The number of aromatic nitrogens is 2. The summed E-state index contributed by atoms with van der Waals surface area (Å²) in [6, 6.07) is 5.47. The Morgan fingerprint density at radius 2 is 1.95 bits per heavy atom. The molecule has 0 aliphatic carbocycles. The molecule has 0 amide bonds. The van der Waals surface area contributed by atoms with Crippen molar-refractivity contribution in [3.63, 3.8) is 0 Å². The SMILES string of the molecule is CCC(Nc1ncnc(C)c1Cl)c1ccc(Cl)cc1Cl. The Balaban J connectivity index is 2.31. The van der Waals surface area contributed by atoms with Crippen molar-refractivity contribution in [1.29, 1.82) is 0 Å².